The van der Waals surface area contributed by atoms with Crippen molar-refractivity contribution in [1.82, 2.24) is 10.2 Å². The van der Waals surface area contributed by atoms with Crippen molar-refractivity contribution in [3.05, 3.63) is 0 Å². The third kappa shape index (κ3) is 3.83. The van der Waals surface area contributed by atoms with Crippen LogP contribution in [0.4, 0.5) is 0 Å². The number of hydrogen-bond acceptors (Lipinski definition) is 3. The molecular weight excluding hydrogens is 248 g/mol. The second-order valence-electron chi connectivity index (χ2n) is 6.23. The van der Waals surface area contributed by atoms with Crippen LogP contribution >= 0.6 is 11.6 Å². The van der Waals surface area contributed by atoms with Crippen molar-refractivity contribution >= 4 is 11.6 Å². The number of ether oxygens (including phenoxy) is 1. The predicted molar refractivity (Wildman–Crippen MR) is 76.3 cm³/mol. The van der Waals surface area contributed by atoms with Crippen LogP contribution in [0.25, 0.3) is 0 Å². The van der Waals surface area contributed by atoms with Gasteiger partial charge in [0.2, 0.25) is 0 Å². The van der Waals surface area contributed by atoms with Crippen molar-refractivity contribution in [3.8, 4) is 0 Å². The third-order valence-electron chi connectivity index (χ3n) is 4.53. The molecule has 1 aliphatic heterocycles. The highest BCUT2D eigenvalue weighted by Gasteiger charge is 2.33. The number of halogens is 1. The summed E-state index contributed by atoms with van der Waals surface area (Å²) in [5.74, 6) is 1.59. The molecule has 18 heavy (non-hydrogen) atoms. The van der Waals surface area contributed by atoms with Crippen LogP contribution in [-0.2, 0) is 4.74 Å². The van der Waals surface area contributed by atoms with Crippen LogP contribution in [0.1, 0.15) is 32.6 Å². The van der Waals surface area contributed by atoms with Crippen molar-refractivity contribution in [1.29, 1.82) is 0 Å². The lowest BCUT2D eigenvalue weighted by molar-refractivity contribution is -0.0226. The van der Waals surface area contributed by atoms with Gasteiger partial charge in [-0.2, -0.15) is 0 Å². The van der Waals surface area contributed by atoms with Gasteiger partial charge >= 0.3 is 0 Å². The first kappa shape index (κ1) is 14.6. The van der Waals surface area contributed by atoms with Gasteiger partial charge in [0, 0.05) is 31.1 Å². The van der Waals surface area contributed by atoms with Gasteiger partial charge in [0.25, 0.3) is 0 Å². The first-order valence-corrected chi connectivity index (χ1v) is 7.78. The number of nitrogens with zero attached hydrogens (tertiary/aromatic N) is 1. The van der Waals surface area contributed by atoms with Crippen molar-refractivity contribution in [2.45, 2.75) is 44.2 Å². The molecule has 1 saturated carbocycles. The smallest absolute Gasteiger partial charge is 0.0826 e. The van der Waals surface area contributed by atoms with Gasteiger partial charge < -0.3 is 15.0 Å². The molecule has 3 nitrogen and oxygen atoms in total. The Morgan fingerprint density at radius 2 is 2.11 bits per heavy atom. The summed E-state index contributed by atoms with van der Waals surface area (Å²) in [6, 6.07) is 0. The average molecular weight is 275 g/mol. The fourth-order valence-electron chi connectivity index (χ4n) is 2.99. The second kappa shape index (κ2) is 6.56. The zero-order valence-corrected chi connectivity index (χ0v) is 12.5. The topological polar surface area (TPSA) is 24.5 Å². The van der Waals surface area contributed by atoms with Gasteiger partial charge in [-0.1, -0.05) is 6.92 Å². The Hall–Kier alpha value is 0.170. The lowest BCUT2D eigenvalue weighted by Gasteiger charge is -2.41. The molecule has 1 heterocycles. The number of hydrogen-bond donors (Lipinski definition) is 1. The van der Waals surface area contributed by atoms with E-state index in [1.807, 2.05) is 0 Å². The molecule has 2 aliphatic rings. The maximum atomic E-state index is 6.22. The number of rotatable bonds is 4. The van der Waals surface area contributed by atoms with E-state index in [4.69, 9.17) is 16.3 Å². The fraction of sp³-hybridized carbons (Fsp3) is 1.00. The fourth-order valence-corrected chi connectivity index (χ4v) is 3.35. The van der Waals surface area contributed by atoms with Crippen molar-refractivity contribution < 1.29 is 4.74 Å². The Labute approximate surface area is 116 Å². The van der Waals surface area contributed by atoms with Gasteiger partial charge in [0.15, 0.2) is 0 Å². The minimum absolute atomic E-state index is 0.160. The zero-order valence-electron chi connectivity index (χ0n) is 11.8. The summed E-state index contributed by atoms with van der Waals surface area (Å²) in [5, 5.41) is 3.71. The van der Waals surface area contributed by atoms with Crippen LogP contribution in [0, 0.1) is 5.92 Å². The maximum Gasteiger partial charge on any atom is 0.0826 e. The number of likely N-dealkylation sites (N-methyl/N-ethyl adjacent to an activating group) is 1. The Bertz CT molecular complexity index is 254. The van der Waals surface area contributed by atoms with E-state index in [-0.39, 0.29) is 5.54 Å². The van der Waals surface area contributed by atoms with E-state index in [1.54, 1.807) is 0 Å². The van der Waals surface area contributed by atoms with Crippen LogP contribution < -0.4 is 5.32 Å². The Balaban J connectivity index is 1.79. The molecule has 1 aliphatic carbocycles. The third-order valence-corrected chi connectivity index (χ3v) is 5.05. The van der Waals surface area contributed by atoms with E-state index in [0.29, 0.717) is 6.10 Å². The van der Waals surface area contributed by atoms with Crippen LogP contribution in [0.2, 0.25) is 0 Å². The Morgan fingerprint density at radius 1 is 1.39 bits per heavy atom. The number of morpholine rings is 1. The highest BCUT2D eigenvalue weighted by Crippen LogP contribution is 2.32. The molecule has 2 rings (SSSR count). The molecule has 106 valence electrons. The quantitative estimate of drug-likeness (QED) is 0.795. The SMILES string of the molecule is CC1CCC(CCl)(NCC2CN(C)CCO2)CC1. The van der Waals surface area contributed by atoms with Crippen molar-refractivity contribution in [2.75, 3.05) is 39.2 Å². The highest BCUT2D eigenvalue weighted by molar-refractivity contribution is 6.18. The molecule has 0 aromatic rings. The van der Waals surface area contributed by atoms with Gasteiger partial charge in [-0.15, -0.1) is 11.6 Å². The number of alkyl halides is 1. The summed E-state index contributed by atoms with van der Waals surface area (Å²) in [4.78, 5) is 2.34. The van der Waals surface area contributed by atoms with E-state index in [1.165, 1.54) is 25.7 Å². The molecular formula is C14H27ClN2O. The first-order chi connectivity index (χ1) is 8.63. The summed E-state index contributed by atoms with van der Waals surface area (Å²) in [6.07, 6.45) is 5.33. The molecule has 1 saturated heterocycles. The zero-order chi connectivity index (χ0) is 13.0. The van der Waals surface area contributed by atoms with E-state index in [2.05, 4.69) is 24.2 Å². The molecule has 0 spiro atoms. The second-order valence-corrected chi connectivity index (χ2v) is 6.50. The molecule has 0 aromatic heterocycles. The lowest BCUT2D eigenvalue weighted by Crippen LogP contribution is -2.54. The molecule has 1 N–H and O–H groups in total. The summed E-state index contributed by atoms with van der Waals surface area (Å²) in [5.41, 5.74) is 0.160. The van der Waals surface area contributed by atoms with Gasteiger partial charge in [0.05, 0.1) is 12.7 Å². The monoisotopic (exact) mass is 274 g/mol. The molecule has 0 bridgehead atoms. The van der Waals surface area contributed by atoms with E-state index in [9.17, 15) is 0 Å². The molecule has 0 aromatic carbocycles. The molecule has 1 unspecified atom stereocenters. The average Bonchev–Trinajstić information content (AvgIpc) is 2.39. The standard InChI is InChI=1S/C14H27ClN2O/c1-12-3-5-14(11-15,6-4-12)16-9-13-10-17(2)7-8-18-13/h12-13,16H,3-11H2,1-2H3. The Kier molecular flexibility index (Phi) is 5.31. The molecule has 4 heteroatoms. The van der Waals surface area contributed by atoms with Gasteiger partial charge in [-0.25, -0.2) is 0 Å². The van der Waals surface area contributed by atoms with Gasteiger partial charge in [-0.05, 0) is 38.6 Å². The summed E-state index contributed by atoms with van der Waals surface area (Å²) >= 11 is 6.22. The molecule has 1 atom stereocenters. The van der Waals surface area contributed by atoms with Crippen LogP contribution in [0.3, 0.4) is 0 Å². The minimum Gasteiger partial charge on any atom is -0.374 e. The van der Waals surface area contributed by atoms with E-state index >= 15 is 0 Å². The van der Waals surface area contributed by atoms with Crippen LogP contribution in [0.15, 0.2) is 0 Å². The van der Waals surface area contributed by atoms with E-state index in [0.717, 1.165) is 38.0 Å². The summed E-state index contributed by atoms with van der Waals surface area (Å²) in [7, 11) is 2.16. The van der Waals surface area contributed by atoms with Crippen LogP contribution in [-0.4, -0.2) is 55.7 Å². The largest absolute Gasteiger partial charge is 0.374 e. The summed E-state index contributed by atoms with van der Waals surface area (Å²) < 4.78 is 5.80. The Morgan fingerprint density at radius 3 is 2.72 bits per heavy atom. The maximum absolute atomic E-state index is 6.22. The van der Waals surface area contributed by atoms with Crippen LogP contribution in [0.5, 0.6) is 0 Å². The summed E-state index contributed by atoms with van der Waals surface area (Å²) in [6.45, 7) is 6.22. The highest BCUT2D eigenvalue weighted by atomic mass is 35.5. The van der Waals surface area contributed by atoms with Crippen molar-refractivity contribution in [3.63, 3.8) is 0 Å². The molecule has 2 fully saturated rings. The predicted octanol–water partition coefficient (Wildman–Crippen LogP) is 2.09. The number of nitrogens with one attached hydrogen (secondary N) is 1. The van der Waals surface area contributed by atoms with Gasteiger partial charge in [-0.3, -0.25) is 0 Å². The minimum atomic E-state index is 0.160. The lowest BCUT2D eigenvalue weighted by atomic mass is 9.78. The van der Waals surface area contributed by atoms with E-state index < -0.39 is 0 Å². The first-order valence-electron chi connectivity index (χ1n) is 7.25. The molecule has 0 radical (unpaired) electrons. The molecule has 0 amide bonds. The van der Waals surface area contributed by atoms with Gasteiger partial charge in [0.1, 0.15) is 0 Å². The van der Waals surface area contributed by atoms with Crippen molar-refractivity contribution in [2.24, 2.45) is 5.92 Å². The normalized spacial score (nSPS) is 38.8.